The lowest BCUT2D eigenvalue weighted by Crippen LogP contribution is -2.33. The number of hydrogen-bond acceptors (Lipinski definition) is 4. The smallest absolute Gasteiger partial charge is 0.340 e. The molecule has 0 bridgehead atoms. The fourth-order valence-electron chi connectivity index (χ4n) is 1.99. The fraction of sp³-hybridized carbons (Fsp3) is 0.444. The monoisotopic (exact) mass is 424 g/mol. The number of ether oxygens (including phenoxy) is 1. The molecule has 0 unspecified atom stereocenters. The molecule has 1 aliphatic rings. The molecule has 0 saturated carbocycles. The summed E-state index contributed by atoms with van der Waals surface area (Å²) in [5.74, 6) is -1.68. The lowest BCUT2D eigenvalue weighted by molar-refractivity contribution is -0.148. The molecule has 0 N–H and O–H groups in total. The van der Waals surface area contributed by atoms with Gasteiger partial charge in [0.05, 0.1) is 4.58 Å². The van der Waals surface area contributed by atoms with Gasteiger partial charge >= 0.3 is 12.3 Å². The predicted molar refractivity (Wildman–Crippen MR) is 107 cm³/mol. The van der Waals surface area contributed by atoms with Crippen LogP contribution in [0.5, 0.6) is 5.75 Å². The van der Waals surface area contributed by atoms with Crippen LogP contribution in [-0.4, -0.2) is 46.5 Å². The third kappa shape index (κ3) is 7.12. The lowest BCUT2D eigenvalue weighted by Gasteiger charge is -2.24. The Bertz CT molecular complexity index is 597. The minimum atomic E-state index is -4.14. The van der Waals surface area contributed by atoms with Crippen LogP contribution in [0.3, 0.4) is 0 Å². The summed E-state index contributed by atoms with van der Waals surface area (Å²) in [6, 6.07) is 6.35. The van der Waals surface area contributed by atoms with E-state index in [1.165, 1.54) is 23.6 Å². The molecule has 0 spiro atoms. The molecule has 1 aliphatic heterocycles. The highest BCUT2D eigenvalue weighted by Gasteiger charge is 2.41. The number of halogens is 4. The molecule has 0 atom stereocenters. The van der Waals surface area contributed by atoms with Crippen molar-refractivity contribution in [3.63, 3.8) is 0 Å². The Hall–Kier alpha value is -0.730. The van der Waals surface area contributed by atoms with Gasteiger partial charge in [0.1, 0.15) is 5.75 Å². The second kappa shape index (κ2) is 10.6. The highest BCUT2D eigenvalue weighted by Crippen LogP contribution is 2.35. The molecule has 1 fully saturated rings. The van der Waals surface area contributed by atoms with Gasteiger partial charge in [-0.2, -0.15) is 20.5 Å². The van der Waals surface area contributed by atoms with Crippen LogP contribution in [0.2, 0.25) is 0 Å². The molecular weight excluding hydrogens is 404 g/mol. The van der Waals surface area contributed by atoms with Gasteiger partial charge in [-0.15, -0.1) is 23.5 Å². The third-order valence-corrected chi connectivity index (χ3v) is 7.92. The zero-order valence-electron chi connectivity index (χ0n) is 14.1. The summed E-state index contributed by atoms with van der Waals surface area (Å²) in [6.07, 6.45) is 6.37. The van der Waals surface area contributed by atoms with Gasteiger partial charge in [0.25, 0.3) is 0 Å². The summed E-state index contributed by atoms with van der Waals surface area (Å²) < 4.78 is 55.0. The SMILES string of the molecule is CSC1CSC(C=CC=Cc2ccc(OCC(F)(F)C(F)F)cc2)SC1. The first-order valence-corrected chi connectivity index (χ1v) is 11.3. The van der Waals surface area contributed by atoms with Crippen molar-refractivity contribution in [3.8, 4) is 5.75 Å². The van der Waals surface area contributed by atoms with Crippen molar-refractivity contribution in [2.75, 3.05) is 24.4 Å². The average molecular weight is 425 g/mol. The van der Waals surface area contributed by atoms with Crippen molar-refractivity contribution in [1.29, 1.82) is 0 Å². The van der Waals surface area contributed by atoms with E-state index in [0.29, 0.717) is 4.58 Å². The zero-order chi connectivity index (χ0) is 19.0. The summed E-state index contributed by atoms with van der Waals surface area (Å²) in [5.41, 5.74) is 0.869. The molecule has 0 aromatic heterocycles. The molecule has 8 heteroatoms. The van der Waals surface area contributed by atoms with E-state index in [9.17, 15) is 17.6 Å². The molecule has 1 heterocycles. The Balaban J connectivity index is 1.78. The second-order valence-corrected chi connectivity index (χ2v) is 9.34. The zero-order valence-corrected chi connectivity index (χ0v) is 16.6. The Morgan fingerprint density at radius 1 is 1.19 bits per heavy atom. The summed E-state index contributed by atoms with van der Waals surface area (Å²) >= 11 is 5.80. The van der Waals surface area contributed by atoms with E-state index in [1.54, 1.807) is 12.1 Å². The van der Waals surface area contributed by atoms with E-state index < -0.39 is 19.0 Å². The maximum atomic E-state index is 12.8. The maximum Gasteiger partial charge on any atom is 0.340 e. The van der Waals surface area contributed by atoms with Crippen LogP contribution in [0, 0.1) is 0 Å². The number of benzene rings is 1. The van der Waals surface area contributed by atoms with Crippen molar-refractivity contribution in [2.24, 2.45) is 0 Å². The van der Waals surface area contributed by atoms with E-state index in [0.717, 1.165) is 10.8 Å². The van der Waals surface area contributed by atoms with Gasteiger partial charge < -0.3 is 4.74 Å². The van der Waals surface area contributed by atoms with Gasteiger partial charge in [0.15, 0.2) is 6.61 Å². The van der Waals surface area contributed by atoms with E-state index in [-0.39, 0.29) is 5.75 Å². The first-order chi connectivity index (χ1) is 12.4. The van der Waals surface area contributed by atoms with Crippen LogP contribution in [0.1, 0.15) is 5.56 Å². The number of rotatable bonds is 8. The molecule has 1 nitrogen and oxygen atoms in total. The molecular formula is C18H20F4OS3. The second-order valence-electron chi connectivity index (χ2n) is 5.56. The normalized spacial score (nSPS) is 21.8. The van der Waals surface area contributed by atoms with Crippen LogP contribution >= 0.6 is 35.3 Å². The van der Waals surface area contributed by atoms with Crippen LogP contribution in [-0.2, 0) is 0 Å². The highest BCUT2D eigenvalue weighted by atomic mass is 32.2. The quantitative estimate of drug-likeness (QED) is 0.370. The van der Waals surface area contributed by atoms with Gasteiger partial charge in [0.2, 0.25) is 0 Å². The van der Waals surface area contributed by atoms with E-state index in [4.69, 9.17) is 4.74 Å². The molecule has 1 aromatic carbocycles. The Kier molecular flexibility index (Phi) is 8.76. The maximum absolute atomic E-state index is 12.8. The summed E-state index contributed by atoms with van der Waals surface area (Å²) in [5, 5.41) is 0.728. The molecule has 0 radical (unpaired) electrons. The topological polar surface area (TPSA) is 9.23 Å². The van der Waals surface area contributed by atoms with Gasteiger partial charge in [-0.05, 0) is 24.0 Å². The van der Waals surface area contributed by atoms with Gasteiger partial charge in [-0.25, -0.2) is 8.78 Å². The first kappa shape index (κ1) is 21.6. The Morgan fingerprint density at radius 2 is 1.85 bits per heavy atom. The minimum absolute atomic E-state index is 0.136. The van der Waals surface area contributed by atoms with E-state index >= 15 is 0 Å². The summed E-state index contributed by atoms with van der Waals surface area (Å²) in [7, 11) is 0. The Labute approximate surface area is 164 Å². The molecule has 1 saturated heterocycles. The largest absolute Gasteiger partial charge is 0.487 e. The van der Waals surface area contributed by atoms with Crippen LogP contribution in [0.15, 0.2) is 42.5 Å². The van der Waals surface area contributed by atoms with Crippen molar-refractivity contribution in [1.82, 2.24) is 0 Å². The minimum Gasteiger partial charge on any atom is -0.487 e. The van der Waals surface area contributed by atoms with Gasteiger partial charge in [-0.3, -0.25) is 0 Å². The van der Waals surface area contributed by atoms with Crippen molar-refractivity contribution in [2.45, 2.75) is 22.2 Å². The first-order valence-electron chi connectivity index (χ1n) is 7.90. The predicted octanol–water partition coefficient (Wildman–Crippen LogP) is 6.07. The molecule has 0 amide bonds. The van der Waals surface area contributed by atoms with Gasteiger partial charge in [0, 0.05) is 16.8 Å². The van der Waals surface area contributed by atoms with Crippen LogP contribution in [0.25, 0.3) is 6.08 Å². The summed E-state index contributed by atoms with van der Waals surface area (Å²) in [4.78, 5) is 0. The lowest BCUT2D eigenvalue weighted by atomic mass is 10.2. The number of hydrogen-bond donors (Lipinski definition) is 0. The number of allylic oxidation sites excluding steroid dienone is 2. The molecule has 0 aliphatic carbocycles. The van der Waals surface area contributed by atoms with Crippen LogP contribution < -0.4 is 4.74 Å². The molecule has 26 heavy (non-hydrogen) atoms. The number of alkyl halides is 4. The van der Waals surface area contributed by atoms with Crippen molar-refractivity contribution in [3.05, 3.63) is 48.1 Å². The molecule has 1 aromatic rings. The van der Waals surface area contributed by atoms with Crippen molar-refractivity contribution >= 4 is 41.4 Å². The highest BCUT2D eigenvalue weighted by molar-refractivity contribution is 8.19. The summed E-state index contributed by atoms with van der Waals surface area (Å²) in [6.45, 7) is -1.34. The molecule has 2 rings (SSSR count). The average Bonchev–Trinajstić information content (AvgIpc) is 2.65. The Morgan fingerprint density at radius 3 is 2.42 bits per heavy atom. The molecule has 144 valence electrons. The van der Waals surface area contributed by atoms with Crippen molar-refractivity contribution < 1.29 is 22.3 Å². The van der Waals surface area contributed by atoms with E-state index in [2.05, 4.69) is 12.3 Å². The fourth-order valence-corrected chi connectivity index (χ4v) is 6.00. The number of thioether (sulfide) groups is 3. The van der Waals surface area contributed by atoms with Gasteiger partial charge in [-0.1, -0.05) is 36.4 Å². The third-order valence-electron chi connectivity index (χ3n) is 3.52. The standard InChI is InChI=1S/C18H20F4OS3/c1-24-15-10-25-16(26-11-15)5-3-2-4-13-6-8-14(9-7-13)23-12-18(21,22)17(19)20/h2-9,15-17H,10-12H2,1H3. The van der Waals surface area contributed by atoms with E-state index in [1.807, 2.05) is 53.5 Å². The van der Waals surface area contributed by atoms with Crippen LogP contribution in [0.4, 0.5) is 17.6 Å².